The fourth-order valence-electron chi connectivity index (χ4n) is 3.93. The molecule has 3 aromatic rings. The third kappa shape index (κ3) is 5.22. The predicted molar refractivity (Wildman–Crippen MR) is 129 cm³/mol. The molecule has 9 heteroatoms. The second kappa shape index (κ2) is 9.96. The standard InChI is InChI=1S/C24H25N3O4S2/c1-18(28)20-9-5-10-21(17-20)25-24(29)23(19-7-3-2-4-8-19)26-12-14-27(15-13-26)33(30,31)22-11-6-16-32-22/h2-11,16-17,23H,12-15H2,1H3,(H,25,29). The molecule has 1 saturated heterocycles. The quantitative estimate of drug-likeness (QED) is 0.519. The van der Waals surface area contributed by atoms with Crippen LogP contribution in [0.5, 0.6) is 0 Å². The number of amides is 1. The molecule has 1 fully saturated rings. The first-order valence-corrected chi connectivity index (χ1v) is 12.9. The van der Waals surface area contributed by atoms with E-state index in [-0.39, 0.29) is 11.7 Å². The van der Waals surface area contributed by atoms with Crippen LogP contribution in [-0.4, -0.2) is 55.5 Å². The van der Waals surface area contributed by atoms with E-state index in [1.54, 1.807) is 41.8 Å². The van der Waals surface area contributed by atoms with Gasteiger partial charge in [-0.05, 0) is 36.1 Å². The van der Waals surface area contributed by atoms with Gasteiger partial charge >= 0.3 is 0 Å². The lowest BCUT2D eigenvalue weighted by atomic mass is 10.0. The summed E-state index contributed by atoms with van der Waals surface area (Å²) >= 11 is 1.21. The maximum Gasteiger partial charge on any atom is 0.252 e. The topological polar surface area (TPSA) is 86.8 Å². The van der Waals surface area contributed by atoms with Crippen molar-refractivity contribution >= 4 is 38.7 Å². The summed E-state index contributed by atoms with van der Waals surface area (Å²) in [5.41, 5.74) is 1.90. The van der Waals surface area contributed by atoms with Gasteiger partial charge in [0.05, 0.1) is 0 Å². The Labute approximate surface area is 197 Å². The monoisotopic (exact) mass is 483 g/mol. The van der Waals surface area contributed by atoms with Gasteiger partial charge in [-0.3, -0.25) is 14.5 Å². The molecule has 0 radical (unpaired) electrons. The first-order chi connectivity index (χ1) is 15.9. The summed E-state index contributed by atoms with van der Waals surface area (Å²) < 4.78 is 27.5. The molecule has 4 rings (SSSR count). The zero-order chi connectivity index (χ0) is 23.4. The molecule has 0 spiro atoms. The molecule has 1 unspecified atom stereocenters. The molecule has 1 aromatic heterocycles. The number of anilines is 1. The van der Waals surface area contributed by atoms with Gasteiger partial charge in [-0.1, -0.05) is 48.5 Å². The highest BCUT2D eigenvalue weighted by molar-refractivity contribution is 7.91. The molecule has 172 valence electrons. The Bertz CT molecular complexity index is 1220. The summed E-state index contributed by atoms with van der Waals surface area (Å²) in [4.78, 5) is 27.1. The normalized spacial score (nSPS) is 16.3. The van der Waals surface area contributed by atoms with Gasteiger partial charge < -0.3 is 5.32 Å². The number of nitrogens with one attached hydrogen (secondary N) is 1. The number of benzene rings is 2. The SMILES string of the molecule is CC(=O)c1cccc(NC(=O)C(c2ccccc2)N2CCN(S(=O)(=O)c3cccs3)CC2)c1. The smallest absolute Gasteiger partial charge is 0.252 e. The van der Waals surface area contributed by atoms with Crippen LogP contribution in [0.15, 0.2) is 76.3 Å². The molecule has 0 saturated carbocycles. The van der Waals surface area contributed by atoms with Crippen molar-refractivity contribution < 1.29 is 18.0 Å². The summed E-state index contributed by atoms with van der Waals surface area (Å²) in [5, 5.41) is 4.68. The second-order valence-corrected chi connectivity index (χ2v) is 10.9. The van der Waals surface area contributed by atoms with E-state index >= 15 is 0 Å². The van der Waals surface area contributed by atoms with Crippen LogP contribution in [0.25, 0.3) is 0 Å². The number of thiophene rings is 1. The van der Waals surface area contributed by atoms with Gasteiger partial charge in [0.25, 0.3) is 10.0 Å². The van der Waals surface area contributed by atoms with Crippen molar-refractivity contribution in [3.05, 3.63) is 83.2 Å². The van der Waals surface area contributed by atoms with Gasteiger partial charge in [-0.2, -0.15) is 4.31 Å². The minimum absolute atomic E-state index is 0.0752. The van der Waals surface area contributed by atoms with Crippen molar-refractivity contribution in [1.82, 2.24) is 9.21 Å². The summed E-state index contributed by atoms with van der Waals surface area (Å²) in [6, 6.07) is 19.0. The molecular formula is C24H25N3O4S2. The van der Waals surface area contributed by atoms with Crippen LogP contribution in [0.1, 0.15) is 28.9 Å². The number of Topliss-reactive ketones (excluding diaryl/α,β-unsaturated/α-hetero) is 1. The van der Waals surface area contributed by atoms with Crippen LogP contribution in [0.3, 0.4) is 0 Å². The van der Waals surface area contributed by atoms with Crippen molar-refractivity contribution in [3.8, 4) is 0 Å². The molecule has 1 aliphatic rings. The van der Waals surface area contributed by atoms with Crippen LogP contribution in [-0.2, 0) is 14.8 Å². The van der Waals surface area contributed by atoms with Crippen molar-refractivity contribution in [2.75, 3.05) is 31.5 Å². The molecule has 2 aromatic carbocycles. The van der Waals surface area contributed by atoms with Crippen molar-refractivity contribution in [3.63, 3.8) is 0 Å². The number of carbonyl (C=O) groups excluding carboxylic acids is 2. The zero-order valence-corrected chi connectivity index (χ0v) is 19.8. The summed E-state index contributed by atoms with van der Waals surface area (Å²) in [6.45, 7) is 2.93. The molecule has 1 atom stereocenters. The third-order valence-electron chi connectivity index (χ3n) is 5.63. The number of ketones is 1. The molecule has 1 aliphatic heterocycles. The van der Waals surface area contributed by atoms with Gasteiger partial charge in [0, 0.05) is 37.4 Å². The van der Waals surface area contributed by atoms with Gasteiger partial charge in [-0.15, -0.1) is 11.3 Å². The number of hydrogen-bond acceptors (Lipinski definition) is 6. The molecule has 7 nitrogen and oxygen atoms in total. The number of carbonyl (C=O) groups is 2. The Balaban J connectivity index is 1.53. The highest BCUT2D eigenvalue weighted by Gasteiger charge is 2.34. The number of sulfonamides is 1. The third-order valence-corrected chi connectivity index (χ3v) is 8.90. The fourth-order valence-corrected chi connectivity index (χ4v) is 6.50. The Morgan fingerprint density at radius 3 is 2.30 bits per heavy atom. The van der Waals surface area contributed by atoms with Crippen LogP contribution in [0.2, 0.25) is 0 Å². The van der Waals surface area contributed by atoms with E-state index in [4.69, 9.17) is 0 Å². The van der Waals surface area contributed by atoms with E-state index in [0.717, 1.165) is 5.56 Å². The van der Waals surface area contributed by atoms with E-state index in [0.29, 0.717) is 41.6 Å². The van der Waals surface area contributed by atoms with Crippen molar-refractivity contribution in [2.45, 2.75) is 17.2 Å². The van der Waals surface area contributed by atoms with Gasteiger partial charge in [0.1, 0.15) is 10.3 Å². The lowest BCUT2D eigenvalue weighted by Crippen LogP contribution is -2.51. The maximum atomic E-state index is 13.4. The van der Waals surface area contributed by atoms with Gasteiger partial charge in [-0.25, -0.2) is 8.42 Å². The number of hydrogen-bond donors (Lipinski definition) is 1. The molecule has 0 aliphatic carbocycles. The Hall–Kier alpha value is -2.85. The largest absolute Gasteiger partial charge is 0.324 e. The number of nitrogens with zero attached hydrogens (tertiary/aromatic N) is 2. The van der Waals surface area contributed by atoms with Crippen molar-refractivity contribution in [2.24, 2.45) is 0 Å². The lowest BCUT2D eigenvalue weighted by molar-refractivity contribution is -0.122. The molecule has 0 bridgehead atoms. The highest BCUT2D eigenvalue weighted by atomic mass is 32.2. The second-order valence-electron chi connectivity index (χ2n) is 7.81. The minimum Gasteiger partial charge on any atom is -0.324 e. The Morgan fingerprint density at radius 1 is 0.939 bits per heavy atom. The van der Waals surface area contributed by atoms with Crippen LogP contribution in [0, 0.1) is 0 Å². The average molecular weight is 484 g/mol. The first kappa shape index (κ1) is 23.3. The van der Waals surface area contributed by atoms with Crippen molar-refractivity contribution in [1.29, 1.82) is 0 Å². The molecular weight excluding hydrogens is 458 g/mol. The van der Waals surface area contributed by atoms with E-state index in [1.807, 2.05) is 35.2 Å². The summed E-state index contributed by atoms with van der Waals surface area (Å²) in [6.07, 6.45) is 0. The van der Waals surface area contributed by atoms with Crippen LogP contribution >= 0.6 is 11.3 Å². The van der Waals surface area contributed by atoms with E-state index in [1.165, 1.54) is 22.6 Å². The average Bonchev–Trinajstić information content (AvgIpc) is 3.36. The van der Waals surface area contributed by atoms with E-state index in [2.05, 4.69) is 5.32 Å². The van der Waals surface area contributed by atoms with E-state index in [9.17, 15) is 18.0 Å². The fraction of sp³-hybridized carbons (Fsp3) is 0.250. The van der Waals surface area contributed by atoms with Crippen LogP contribution in [0.4, 0.5) is 5.69 Å². The number of piperazine rings is 1. The zero-order valence-electron chi connectivity index (χ0n) is 18.2. The summed E-state index contributed by atoms with van der Waals surface area (Å²) in [5.74, 6) is -0.301. The number of rotatable bonds is 7. The Kier molecular flexibility index (Phi) is 7.04. The molecule has 1 amide bonds. The highest BCUT2D eigenvalue weighted by Crippen LogP contribution is 2.27. The first-order valence-electron chi connectivity index (χ1n) is 10.6. The summed E-state index contributed by atoms with van der Waals surface area (Å²) in [7, 11) is -3.52. The van der Waals surface area contributed by atoms with E-state index < -0.39 is 16.1 Å². The lowest BCUT2D eigenvalue weighted by Gasteiger charge is -2.38. The van der Waals surface area contributed by atoms with Gasteiger partial charge in [0.2, 0.25) is 5.91 Å². The predicted octanol–water partition coefficient (Wildman–Crippen LogP) is 3.64. The minimum atomic E-state index is -3.52. The van der Waals surface area contributed by atoms with Crippen LogP contribution < -0.4 is 5.32 Å². The Morgan fingerprint density at radius 2 is 1.67 bits per heavy atom. The maximum absolute atomic E-state index is 13.4. The molecule has 1 N–H and O–H groups in total. The van der Waals surface area contributed by atoms with Gasteiger partial charge in [0.15, 0.2) is 5.78 Å². The molecule has 2 heterocycles. The molecule has 33 heavy (non-hydrogen) atoms.